The molecule has 0 spiro atoms. The van der Waals surface area contributed by atoms with E-state index < -0.39 is 6.36 Å². The zero-order chi connectivity index (χ0) is 13.0. The molecule has 7 heteroatoms. The van der Waals surface area contributed by atoms with Crippen LogP contribution in [0.5, 0.6) is 5.75 Å². The van der Waals surface area contributed by atoms with Crippen LogP contribution in [0.2, 0.25) is 0 Å². The van der Waals surface area contributed by atoms with Crippen molar-refractivity contribution < 1.29 is 17.9 Å². The van der Waals surface area contributed by atoms with Crippen LogP contribution in [0.15, 0.2) is 36.5 Å². The highest BCUT2D eigenvalue weighted by Crippen LogP contribution is 2.29. The summed E-state index contributed by atoms with van der Waals surface area (Å²) in [7, 11) is 0. The number of para-hydroxylation sites is 2. The van der Waals surface area contributed by atoms with Gasteiger partial charge in [-0.25, -0.2) is 0 Å². The number of ether oxygens (including phenoxy) is 1. The predicted molar refractivity (Wildman–Crippen MR) is 59.0 cm³/mol. The first kappa shape index (κ1) is 12.3. The molecule has 1 aromatic carbocycles. The Balaban J connectivity index is 2.07. The lowest BCUT2D eigenvalue weighted by atomic mass is 10.3. The van der Waals surface area contributed by atoms with Gasteiger partial charge in [-0.1, -0.05) is 12.1 Å². The Labute approximate surface area is 101 Å². The second kappa shape index (κ2) is 4.99. The molecule has 2 rings (SSSR count). The molecular formula is C11H10F3N3O. The summed E-state index contributed by atoms with van der Waals surface area (Å²) in [5.41, 5.74) is 1.03. The number of nitrogens with one attached hydrogen (secondary N) is 2. The van der Waals surface area contributed by atoms with Gasteiger partial charge in [0.05, 0.1) is 17.9 Å². The molecule has 18 heavy (non-hydrogen) atoms. The van der Waals surface area contributed by atoms with Crippen molar-refractivity contribution in [1.29, 1.82) is 0 Å². The van der Waals surface area contributed by atoms with Gasteiger partial charge in [0.1, 0.15) is 0 Å². The normalized spacial score (nSPS) is 11.3. The Bertz CT molecular complexity index is 496. The fraction of sp³-hybridized carbons (Fsp3) is 0.182. The number of alkyl halides is 3. The Morgan fingerprint density at radius 2 is 2.00 bits per heavy atom. The van der Waals surface area contributed by atoms with Crippen LogP contribution in [-0.2, 0) is 6.54 Å². The Morgan fingerprint density at radius 1 is 1.22 bits per heavy atom. The molecule has 0 aliphatic rings. The van der Waals surface area contributed by atoms with E-state index in [-0.39, 0.29) is 11.4 Å². The van der Waals surface area contributed by atoms with Gasteiger partial charge in [0, 0.05) is 6.20 Å². The zero-order valence-electron chi connectivity index (χ0n) is 9.16. The number of benzene rings is 1. The van der Waals surface area contributed by atoms with Crippen LogP contribution in [-0.4, -0.2) is 16.6 Å². The molecule has 0 aliphatic heterocycles. The molecule has 2 N–H and O–H groups in total. The first-order valence-corrected chi connectivity index (χ1v) is 5.11. The molecule has 0 aliphatic carbocycles. The van der Waals surface area contributed by atoms with Crippen LogP contribution >= 0.6 is 0 Å². The highest BCUT2D eigenvalue weighted by Gasteiger charge is 2.32. The number of aromatic amines is 1. The van der Waals surface area contributed by atoms with E-state index in [1.807, 2.05) is 0 Å². The fourth-order valence-electron chi connectivity index (χ4n) is 1.40. The average molecular weight is 257 g/mol. The molecule has 0 fully saturated rings. The molecule has 0 amide bonds. The van der Waals surface area contributed by atoms with Crippen LogP contribution in [0.3, 0.4) is 0 Å². The first-order chi connectivity index (χ1) is 8.54. The van der Waals surface area contributed by atoms with Crippen molar-refractivity contribution in [1.82, 2.24) is 10.2 Å². The Hall–Kier alpha value is -2.18. The minimum absolute atomic E-state index is 0.260. The average Bonchev–Trinajstić information content (AvgIpc) is 2.79. The first-order valence-electron chi connectivity index (χ1n) is 5.11. The maximum Gasteiger partial charge on any atom is 0.573 e. The lowest BCUT2D eigenvalue weighted by Crippen LogP contribution is -2.18. The standard InChI is InChI=1S/C11H10F3N3O/c12-11(13,14)18-10-4-2-1-3-9(10)15-7-8-5-6-16-17-8/h1-6,15H,7H2,(H,16,17). The summed E-state index contributed by atoms with van der Waals surface area (Å²) in [6.45, 7) is 0.332. The van der Waals surface area contributed by atoms with Crippen LogP contribution in [0.25, 0.3) is 0 Å². The van der Waals surface area contributed by atoms with E-state index in [1.165, 1.54) is 18.2 Å². The fourth-order valence-corrected chi connectivity index (χ4v) is 1.40. The van der Waals surface area contributed by atoms with Gasteiger partial charge in [0.15, 0.2) is 5.75 Å². The highest BCUT2D eigenvalue weighted by atomic mass is 19.4. The molecule has 4 nitrogen and oxygen atoms in total. The summed E-state index contributed by atoms with van der Waals surface area (Å²) in [5, 5.41) is 9.28. The zero-order valence-corrected chi connectivity index (χ0v) is 9.16. The molecule has 96 valence electrons. The van der Waals surface area contributed by atoms with Gasteiger partial charge < -0.3 is 10.1 Å². The molecule has 0 unspecified atom stereocenters. The highest BCUT2D eigenvalue weighted by molar-refractivity contribution is 5.56. The summed E-state index contributed by atoms with van der Waals surface area (Å²) in [6.07, 6.45) is -3.14. The summed E-state index contributed by atoms with van der Waals surface area (Å²) in [4.78, 5) is 0. The SMILES string of the molecule is FC(F)(F)Oc1ccccc1NCc1ccn[nH]1. The molecule has 0 saturated heterocycles. The van der Waals surface area contributed by atoms with Gasteiger partial charge in [0.2, 0.25) is 0 Å². The van der Waals surface area contributed by atoms with Gasteiger partial charge >= 0.3 is 6.36 Å². The number of rotatable bonds is 4. The number of nitrogens with zero attached hydrogens (tertiary/aromatic N) is 1. The van der Waals surface area contributed by atoms with Crippen LogP contribution < -0.4 is 10.1 Å². The van der Waals surface area contributed by atoms with Crippen molar-refractivity contribution in [3.05, 3.63) is 42.2 Å². The van der Waals surface area contributed by atoms with Gasteiger partial charge in [0.25, 0.3) is 0 Å². The van der Waals surface area contributed by atoms with Crippen molar-refractivity contribution in [2.24, 2.45) is 0 Å². The molecule has 2 aromatic rings. The number of H-pyrrole nitrogens is 1. The van der Waals surface area contributed by atoms with E-state index >= 15 is 0 Å². The Morgan fingerprint density at radius 3 is 2.67 bits per heavy atom. The number of hydrogen-bond acceptors (Lipinski definition) is 3. The number of hydrogen-bond donors (Lipinski definition) is 2. The van der Waals surface area contributed by atoms with Gasteiger partial charge in [-0.2, -0.15) is 5.10 Å². The van der Waals surface area contributed by atoms with Crippen molar-refractivity contribution in [3.8, 4) is 5.75 Å². The minimum Gasteiger partial charge on any atom is -0.404 e. The second-order valence-corrected chi connectivity index (χ2v) is 3.48. The quantitative estimate of drug-likeness (QED) is 0.885. The van der Waals surface area contributed by atoms with Crippen molar-refractivity contribution in [3.63, 3.8) is 0 Å². The van der Waals surface area contributed by atoms with Gasteiger partial charge in [-0.05, 0) is 18.2 Å². The van der Waals surface area contributed by atoms with E-state index in [0.717, 1.165) is 5.69 Å². The van der Waals surface area contributed by atoms with Gasteiger partial charge in [-0.3, -0.25) is 5.10 Å². The van der Waals surface area contributed by atoms with Crippen LogP contribution in [0, 0.1) is 0 Å². The van der Waals surface area contributed by atoms with E-state index in [4.69, 9.17) is 0 Å². The Kier molecular flexibility index (Phi) is 3.40. The van der Waals surface area contributed by atoms with Crippen molar-refractivity contribution in [2.45, 2.75) is 12.9 Å². The maximum atomic E-state index is 12.2. The lowest BCUT2D eigenvalue weighted by Gasteiger charge is -2.13. The summed E-state index contributed by atoms with van der Waals surface area (Å²) >= 11 is 0. The third kappa shape index (κ3) is 3.41. The van der Waals surface area contributed by atoms with Gasteiger partial charge in [-0.15, -0.1) is 13.2 Å². The molecule has 0 bridgehead atoms. The maximum absolute atomic E-state index is 12.2. The van der Waals surface area contributed by atoms with Crippen molar-refractivity contribution >= 4 is 5.69 Å². The van der Waals surface area contributed by atoms with E-state index in [1.54, 1.807) is 18.3 Å². The minimum atomic E-state index is -4.70. The predicted octanol–water partition coefficient (Wildman–Crippen LogP) is 2.92. The van der Waals surface area contributed by atoms with Crippen LogP contribution in [0.1, 0.15) is 5.69 Å². The molecule has 1 aromatic heterocycles. The van der Waals surface area contributed by atoms with E-state index in [2.05, 4.69) is 20.3 Å². The number of aromatic nitrogens is 2. The van der Waals surface area contributed by atoms with Crippen molar-refractivity contribution in [2.75, 3.05) is 5.32 Å². The second-order valence-electron chi connectivity index (χ2n) is 3.48. The van der Waals surface area contributed by atoms with Crippen LogP contribution in [0.4, 0.5) is 18.9 Å². The third-order valence-corrected chi connectivity index (χ3v) is 2.14. The molecule has 0 saturated carbocycles. The summed E-state index contributed by atoms with van der Waals surface area (Å²) in [5.74, 6) is -0.260. The third-order valence-electron chi connectivity index (χ3n) is 2.14. The van der Waals surface area contributed by atoms with E-state index in [9.17, 15) is 13.2 Å². The lowest BCUT2D eigenvalue weighted by molar-refractivity contribution is -0.274. The molecule has 0 radical (unpaired) electrons. The largest absolute Gasteiger partial charge is 0.573 e. The smallest absolute Gasteiger partial charge is 0.404 e. The summed E-state index contributed by atoms with van der Waals surface area (Å²) < 4.78 is 40.4. The summed E-state index contributed by atoms with van der Waals surface area (Å²) in [6, 6.07) is 7.58. The monoisotopic (exact) mass is 257 g/mol. The molecule has 0 atom stereocenters. The topological polar surface area (TPSA) is 49.9 Å². The molecular weight excluding hydrogens is 247 g/mol. The number of anilines is 1. The molecule has 1 heterocycles. The number of halogens is 3. The van der Waals surface area contributed by atoms with E-state index in [0.29, 0.717) is 6.54 Å².